The molecule has 78 valence electrons. The molecule has 1 aromatic rings. The Bertz CT molecular complexity index is 306. The predicted molar refractivity (Wildman–Crippen MR) is 61.5 cm³/mol. The summed E-state index contributed by atoms with van der Waals surface area (Å²) in [5.74, 6) is -0.219. The Morgan fingerprint density at radius 2 is 2.29 bits per heavy atom. The van der Waals surface area contributed by atoms with Gasteiger partial charge >= 0.3 is 0 Å². The lowest BCUT2D eigenvalue weighted by atomic mass is 10.2. The Morgan fingerprint density at radius 1 is 1.57 bits per heavy atom. The molecule has 1 aromatic carbocycles. The molecule has 1 atom stereocenters. The van der Waals surface area contributed by atoms with E-state index in [4.69, 9.17) is 11.6 Å². The second-order valence-corrected chi connectivity index (χ2v) is 4.26. The molecule has 1 unspecified atom stereocenters. The number of hydrogen-bond donors (Lipinski definition) is 1. The van der Waals surface area contributed by atoms with Crippen molar-refractivity contribution in [1.29, 1.82) is 0 Å². The number of hydrogen-bond acceptors (Lipinski definition) is 1. The van der Waals surface area contributed by atoms with E-state index in [9.17, 15) is 4.39 Å². The van der Waals surface area contributed by atoms with Crippen molar-refractivity contribution in [3.8, 4) is 0 Å². The van der Waals surface area contributed by atoms with E-state index in [1.165, 1.54) is 6.07 Å². The summed E-state index contributed by atoms with van der Waals surface area (Å²) in [4.78, 5) is 0. The lowest BCUT2D eigenvalue weighted by Gasteiger charge is -2.11. The number of halogens is 3. The molecular formula is C10H12BrClFN. The van der Waals surface area contributed by atoms with Crippen molar-refractivity contribution in [1.82, 2.24) is 5.32 Å². The zero-order chi connectivity index (χ0) is 10.6. The molecule has 0 aliphatic rings. The molecule has 14 heavy (non-hydrogen) atoms. The minimum atomic E-state index is -0.219. The molecule has 1 N–H and O–H groups in total. The monoisotopic (exact) mass is 279 g/mol. The molecule has 0 fully saturated rings. The van der Waals surface area contributed by atoms with Gasteiger partial charge in [0.25, 0.3) is 0 Å². The van der Waals surface area contributed by atoms with Gasteiger partial charge in [0.2, 0.25) is 0 Å². The van der Waals surface area contributed by atoms with Gasteiger partial charge in [-0.15, -0.1) is 0 Å². The molecule has 4 heteroatoms. The average molecular weight is 281 g/mol. The van der Waals surface area contributed by atoms with Crippen molar-refractivity contribution in [2.45, 2.75) is 19.5 Å². The van der Waals surface area contributed by atoms with Crippen LogP contribution in [0.5, 0.6) is 0 Å². The molecule has 0 saturated carbocycles. The summed E-state index contributed by atoms with van der Waals surface area (Å²) < 4.78 is 13.2. The second kappa shape index (κ2) is 5.69. The fraction of sp³-hybridized carbons (Fsp3) is 0.400. The Hall–Kier alpha value is -0.120. The van der Waals surface area contributed by atoms with Crippen molar-refractivity contribution in [3.63, 3.8) is 0 Å². The largest absolute Gasteiger partial charge is 0.309 e. The third-order valence-electron chi connectivity index (χ3n) is 1.88. The molecule has 1 rings (SSSR count). The predicted octanol–water partition coefficient (Wildman–Crippen LogP) is 3.35. The van der Waals surface area contributed by atoms with Crippen molar-refractivity contribution < 1.29 is 4.39 Å². The molecule has 0 heterocycles. The minimum absolute atomic E-state index is 0.219. The van der Waals surface area contributed by atoms with Gasteiger partial charge in [-0.3, -0.25) is 0 Å². The van der Waals surface area contributed by atoms with Gasteiger partial charge in [0.1, 0.15) is 5.82 Å². The van der Waals surface area contributed by atoms with Crippen LogP contribution in [0.15, 0.2) is 18.2 Å². The van der Waals surface area contributed by atoms with E-state index in [1.807, 2.05) is 6.92 Å². The number of rotatable bonds is 4. The normalized spacial score (nSPS) is 12.9. The highest BCUT2D eigenvalue weighted by Crippen LogP contribution is 2.14. The maximum Gasteiger partial charge on any atom is 0.127 e. The summed E-state index contributed by atoms with van der Waals surface area (Å²) >= 11 is 9.10. The first kappa shape index (κ1) is 12.0. The minimum Gasteiger partial charge on any atom is -0.309 e. The Labute approximate surface area is 96.8 Å². The van der Waals surface area contributed by atoms with E-state index in [-0.39, 0.29) is 5.82 Å². The summed E-state index contributed by atoms with van der Waals surface area (Å²) in [7, 11) is 0. The number of alkyl halides is 1. The summed E-state index contributed by atoms with van der Waals surface area (Å²) in [5.41, 5.74) is 0.602. The van der Waals surface area contributed by atoms with E-state index in [0.29, 0.717) is 23.2 Å². The zero-order valence-electron chi connectivity index (χ0n) is 7.86. The quantitative estimate of drug-likeness (QED) is 0.834. The standard InChI is InChI=1S/C10H12BrClFN/c1-7(5-11)14-6-8-4-9(12)2-3-10(8)13/h2-4,7,14H,5-6H2,1H3. The van der Waals surface area contributed by atoms with Gasteiger partial charge in [0, 0.05) is 28.5 Å². The second-order valence-electron chi connectivity index (χ2n) is 3.17. The molecular weight excluding hydrogens is 268 g/mol. The molecule has 0 radical (unpaired) electrons. The van der Waals surface area contributed by atoms with Crippen LogP contribution >= 0.6 is 27.5 Å². The lowest BCUT2D eigenvalue weighted by Crippen LogP contribution is -2.27. The first-order chi connectivity index (χ1) is 6.63. The van der Waals surface area contributed by atoms with Crippen LogP contribution in [0.2, 0.25) is 5.02 Å². The zero-order valence-corrected chi connectivity index (χ0v) is 10.2. The van der Waals surface area contributed by atoms with Gasteiger partial charge in [0.05, 0.1) is 0 Å². The van der Waals surface area contributed by atoms with E-state index in [0.717, 1.165) is 5.33 Å². The van der Waals surface area contributed by atoms with Crippen LogP contribution < -0.4 is 5.32 Å². The number of nitrogens with one attached hydrogen (secondary N) is 1. The first-order valence-electron chi connectivity index (χ1n) is 4.36. The maximum atomic E-state index is 13.2. The molecule has 0 amide bonds. The van der Waals surface area contributed by atoms with Crippen LogP contribution in [-0.4, -0.2) is 11.4 Å². The molecule has 0 spiro atoms. The summed E-state index contributed by atoms with van der Waals surface area (Å²) in [6, 6.07) is 4.89. The van der Waals surface area contributed by atoms with Gasteiger partial charge in [-0.25, -0.2) is 4.39 Å². The van der Waals surface area contributed by atoms with Crippen LogP contribution in [-0.2, 0) is 6.54 Å². The highest BCUT2D eigenvalue weighted by Gasteiger charge is 2.04. The fourth-order valence-electron chi connectivity index (χ4n) is 1.02. The molecule has 1 nitrogen and oxygen atoms in total. The van der Waals surface area contributed by atoms with Gasteiger partial charge < -0.3 is 5.32 Å². The third-order valence-corrected chi connectivity index (χ3v) is 3.09. The van der Waals surface area contributed by atoms with Crippen molar-refractivity contribution in [2.24, 2.45) is 0 Å². The van der Waals surface area contributed by atoms with Crippen LogP contribution in [0.4, 0.5) is 4.39 Å². The van der Waals surface area contributed by atoms with Crippen molar-refractivity contribution in [2.75, 3.05) is 5.33 Å². The maximum absolute atomic E-state index is 13.2. The Balaban J connectivity index is 2.62. The smallest absolute Gasteiger partial charge is 0.127 e. The summed E-state index contributed by atoms with van der Waals surface area (Å²) in [5, 5.41) is 4.58. The Kier molecular flexibility index (Phi) is 4.85. The van der Waals surface area contributed by atoms with E-state index >= 15 is 0 Å². The van der Waals surface area contributed by atoms with Crippen LogP contribution in [0.1, 0.15) is 12.5 Å². The molecule has 0 aromatic heterocycles. The number of benzene rings is 1. The fourth-order valence-corrected chi connectivity index (χ4v) is 1.44. The highest BCUT2D eigenvalue weighted by molar-refractivity contribution is 9.09. The summed E-state index contributed by atoms with van der Waals surface area (Å²) in [6.07, 6.45) is 0. The van der Waals surface area contributed by atoms with Gasteiger partial charge in [-0.05, 0) is 25.1 Å². The van der Waals surface area contributed by atoms with Gasteiger partial charge in [-0.2, -0.15) is 0 Å². The van der Waals surface area contributed by atoms with Crippen molar-refractivity contribution >= 4 is 27.5 Å². The SMILES string of the molecule is CC(CBr)NCc1cc(Cl)ccc1F. The van der Waals surface area contributed by atoms with E-state index in [2.05, 4.69) is 21.2 Å². The van der Waals surface area contributed by atoms with Crippen LogP contribution in [0, 0.1) is 5.82 Å². The topological polar surface area (TPSA) is 12.0 Å². The average Bonchev–Trinajstić information content (AvgIpc) is 2.19. The van der Waals surface area contributed by atoms with Gasteiger partial charge in [-0.1, -0.05) is 27.5 Å². The molecule has 0 saturated heterocycles. The first-order valence-corrected chi connectivity index (χ1v) is 5.86. The lowest BCUT2D eigenvalue weighted by molar-refractivity contribution is 0.558. The highest BCUT2D eigenvalue weighted by atomic mass is 79.9. The third kappa shape index (κ3) is 3.56. The van der Waals surface area contributed by atoms with E-state index < -0.39 is 0 Å². The van der Waals surface area contributed by atoms with Crippen LogP contribution in [0.25, 0.3) is 0 Å². The molecule has 0 aliphatic heterocycles. The molecule has 0 aliphatic carbocycles. The molecule has 0 bridgehead atoms. The Morgan fingerprint density at radius 3 is 2.93 bits per heavy atom. The van der Waals surface area contributed by atoms with Crippen LogP contribution in [0.3, 0.4) is 0 Å². The summed E-state index contributed by atoms with van der Waals surface area (Å²) in [6.45, 7) is 2.52. The van der Waals surface area contributed by atoms with Gasteiger partial charge in [0.15, 0.2) is 0 Å². The van der Waals surface area contributed by atoms with E-state index in [1.54, 1.807) is 12.1 Å². The van der Waals surface area contributed by atoms with Crippen molar-refractivity contribution in [3.05, 3.63) is 34.6 Å².